The van der Waals surface area contributed by atoms with Crippen molar-refractivity contribution >= 4 is 27.5 Å². The Morgan fingerprint density at radius 2 is 2.00 bits per heavy atom. The van der Waals surface area contributed by atoms with Crippen LogP contribution in [0, 0.1) is 0 Å². The van der Waals surface area contributed by atoms with E-state index in [0.717, 1.165) is 43.2 Å². The Bertz CT molecular complexity index is 522. The van der Waals surface area contributed by atoms with Crippen molar-refractivity contribution in [1.29, 1.82) is 0 Å². The van der Waals surface area contributed by atoms with Crippen LogP contribution in [0.4, 0.5) is 5.69 Å². The largest absolute Gasteiger partial charge is 0.367 e. The monoisotopic (exact) mass is 351 g/mol. The van der Waals surface area contributed by atoms with Crippen molar-refractivity contribution in [2.75, 3.05) is 31.1 Å². The Morgan fingerprint density at radius 3 is 2.57 bits per heavy atom. The number of carbonyl (C=O) groups is 1. The molecule has 0 atom stereocenters. The molecule has 3 rings (SSSR count). The molecule has 2 fully saturated rings. The fourth-order valence-electron chi connectivity index (χ4n) is 2.73. The van der Waals surface area contributed by atoms with E-state index in [0.29, 0.717) is 0 Å². The van der Waals surface area contributed by atoms with E-state index in [2.05, 4.69) is 44.3 Å². The van der Waals surface area contributed by atoms with Crippen molar-refractivity contribution < 1.29 is 4.79 Å². The van der Waals surface area contributed by atoms with Crippen LogP contribution in [-0.2, 0) is 11.3 Å². The predicted octanol–water partition coefficient (Wildman–Crippen LogP) is 2.37. The summed E-state index contributed by atoms with van der Waals surface area (Å²) < 4.78 is 1.15. The van der Waals surface area contributed by atoms with Gasteiger partial charge in [0.05, 0.1) is 5.69 Å². The topological polar surface area (TPSA) is 35.6 Å². The average Bonchev–Trinajstić information content (AvgIpc) is 3.29. The quantitative estimate of drug-likeness (QED) is 0.904. The number of nitrogens with one attached hydrogen (secondary N) is 1. The van der Waals surface area contributed by atoms with Gasteiger partial charge < -0.3 is 15.1 Å². The molecule has 1 heterocycles. The SMILES string of the molecule is CC(=O)N1CCN(c2ccc(CNC3CC3)cc2Br)CC1. The highest BCUT2D eigenvalue weighted by Gasteiger charge is 2.21. The van der Waals surface area contributed by atoms with Crippen LogP contribution in [0.25, 0.3) is 0 Å². The lowest BCUT2D eigenvalue weighted by Gasteiger charge is -2.36. The van der Waals surface area contributed by atoms with Gasteiger partial charge in [0.1, 0.15) is 0 Å². The molecular weight excluding hydrogens is 330 g/mol. The van der Waals surface area contributed by atoms with E-state index in [1.165, 1.54) is 24.1 Å². The van der Waals surface area contributed by atoms with Gasteiger partial charge in [-0.05, 0) is 46.5 Å². The minimum Gasteiger partial charge on any atom is -0.367 e. The molecule has 1 amide bonds. The van der Waals surface area contributed by atoms with Crippen LogP contribution < -0.4 is 10.2 Å². The van der Waals surface area contributed by atoms with Gasteiger partial charge >= 0.3 is 0 Å². The summed E-state index contributed by atoms with van der Waals surface area (Å²) >= 11 is 3.70. The van der Waals surface area contributed by atoms with Gasteiger partial charge in [0.15, 0.2) is 0 Å². The molecule has 0 aromatic heterocycles. The highest BCUT2D eigenvalue weighted by molar-refractivity contribution is 9.10. The molecule has 114 valence electrons. The number of carbonyl (C=O) groups excluding carboxylic acids is 1. The van der Waals surface area contributed by atoms with Gasteiger partial charge in [-0.15, -0.1) is 0 Å². The van der Waals surface area contributed by atoms with E-state index in [-0.39, 0.29) is 5.91 Å². The van der Waals surface area contributed by atoms with E-state index in [1.54, 1.807) is 6.92 Å². The number of hydrogen-bond acceptors (Lipinski definition) is 3. The molecule has 1 aliphatic heterocycles. The van der Waals surface area contributed by atoms with Gasteiger partial charge in [-0.1, -0.05) is 6.07 Å². The minimum absolute atomic E-state index is 0.176. The average molecular weight is 352 g/mol. The third-order valence-electron chi connectivity index (χ3n) is 4.25. The van der Waals surface area contributed by atoms with E-state index >= 15 is 0 Å². The highest BCUT2D eigenvalue weighted by Crippen LogP contribution is 2.29. The third-order valence-corrected chi connectivity index (χ3v) is 4.89. The molecule has 0 radical (unpaired) electrons. The van der Waals surface area contributed by atoms with Crippen LogP contribution in [0.2, 0.25) is 0 Å². The zero-order valence-corrected chi connectivity index (χ0v) is 14.0. The summed E-state index contributed by atoms with van der Waals surface area (Å²) in [6, 6.07) is 7.34. The first-order chi connectivity index (χ1) is 10.1. The maximum absolute atomic E-state index is 11.4. The zero-order chi connectivity index (χ0) is 14.8. The second-order valence-corrected chi connectivity index (χ2v) is 6.79. The molecule has 1 saturated heterocycles. The summed E-state index contributed by atoms with van der Waals surface area (Å²) in [5, 5.41) is 3.54. The number of anilines is 1. The van der Waals surface area contributed by atoms with Crippen molar-refractivity contribution in [3.63, 3.8) is 0 Å². The number of nitrogens with zero attached hydrogens (tertiary/aromatic N) is 2. The number of piperazine rings is 1. The smallest absolute Gasteiger partial charge is 0.219 e. The summed E-state index contributed by atoms with van der Waals surface area (Å²) in [7, 11) is 0. The van der Waals surface area contributed by atoms with Crippen molar-refractivity contribution in [3.8, 4) is 0 Å². The predicted molar refractivity (Wildman–Crippen MR) is 88.5 cm³/mol. The summed E-state index contributed by atoms with van der Waals surface area (Å²) in [4.78, 5) is 15.6. The Labute approximate surface area is 134 Å². The van der Waals surface area contributed by atoms with Crippen LogP contribution in [0.15, 0.2) is 22.7 Å². The van der Waals surface area contributed by atoms with Gasteiger partial charge in [-0.25, -0.2) is 0 Å². The molecule has 2 aliphatic rings. The molecule has 1 N–H and O–H groups in total. The van der Waals surface area contributed by atoms with Crippen molar-refractivity contribution in [3.05, 3.63) is 28.2 Å². The van der Waals surface area contributed by atoms with Gasteiger partial charge in [0.2, 0.25) is 5.91 Å². The normalized spacial score (nSPS) is 19.0. The number of halogens is 1. The minimum atomic E-state index is 0.176. The number of amides is 1. The first kappa shape index (κ1) is 14.9. The maximum Gasteiger partial charge on any atom is 0.219 e. The van der Waals surface area contributed by atoms with Crippen LogP contribution in [-0.4, -0.2) is 43.0 Å². The second kappa shape index (κ2) is 6.36. The van der Waals surface area contributed by atoms with Gasteiger partial charge in [-0.2, -0.15) is 0 Å². The zero-order valence-electron chi connectivity index (χ0n) is 12.4. The molecule has 1 saturated carbocycles. The van der Waals surface area contributed by atoms with Crippen molar-refractivity contribution in [2.45, 2.75) is 32.4 Å². The summed E-state index contributed by atoms with van der Waals surface area (Å²) in [6.45, 7) is 6.02. The molecule has 0 bridgehead atoms. The van der Waals surface area contributed by atoms with Gasteiger partial charge in [0, 0.05) is 50.2 Å². The number of rotatable bonds is 4. The highest BCUT2D eigenvalue weighted by atomic mass is 79.9. The van der Waals surface area contributed by atoms with Crippen LogP contribution >= 0.6 is 15.9 Å². The van der Waals surface area contributed by atoms with E-state index < -0.39 is 0 Å². The maximum atomic E-state index is 11.4. The molecule has 1 aliphatic carbocycles. The van der Waals surface area contributed by atoms with Gasteiger partial charge in [0.25, 0.3) is 0 Å². The third kappa shape index (κ3) is 3.77. The van der Waals surface area contributed by atoms with Crippen LogP contribution in [0.1, 0.15) is 25.3 Å². The van der Waals surface area contributed by atoms with Crippen molar-refractivity contribution in [1.82, 2.24) is 10.2 Å². The number of hydrogen-bond donors (Lipinski definition) is 1. The molecule has 4 nitrogen and oxygen atoms in total. The fourth-order valence-corrected chi connectivity index (χ4v) is 3.41. The Morgan fingerprint density at radius 1 is 1.29 bits per heavy atom. The van der Waals surface area contributed by atoms with E-state index in [1.807, 2.05) is 4.90 Å². The van der Waals surface area contributed by atoms with E-state index in [9.17, 15) is 4.79 Å². The molecule has 1 aromatic carbocycles. The Hall–Kier alpha value is -1.07. The molecule has 21 heavy (non-hydrogen) atoms. The first-order valence-electron chi connectivity index (χ1n) is 7.66. The molecule has 0 unspecified atom stereocenters. The van der Waals surface area contributed by atoms with Gasteiger partial charge in [-0.3, -0.25) is 4.79 Å². The second-order valence-electron chi connectivity index (χ2n) is 5.93. The number of benzene rings is 1. The summed E-state index contributed by atoms with van der Waals surface area (Å²) in [6.07, 6.45) is 2.64. The van der Waals surface area contributed by atoms with Crippen LogP contribution in [0.3, 0.4) is 0 Å². The molecule has 0 spiro atoms. The standard InChI is InChI=1S/C16H22BrN3O/c1-12(21)19-6-8-20(9-7-19)16-5-2-13(10-15(16)17)11-18-14-3-4-14/h2,5,10,14,18H,3-4,6-9,11H2,1H3. The summed E-state index contributed by atoms with van der Waals surface area (Å²) in [5.74, 6) is 0.176. The lowest BCUT2D eigenvalue weighted by atomic mass is 10.1. The van der Waals surface area contributed by atoms with Crippen LogP contribution in [0.5, 0.6) is 0 Å². The molecular formula is C16H22BrN3O. The fraction of sp³-hybridized carbons (Fsp3) is 0.562. The lowest BCUT2D eigenvalue weighted by Crippen LogP contribution is -2.48. The molecule has 5 heteroatoms. The summed E-state index contributed by atoms with van der Waals surface area (Å²) in [5.41, 5.74) is 2.55. The Balaban J connectivity index is 1.61. The van der Waals surface area contributed by atoms with Crippen molar-refractivity contribution in [2.24, 2.45) is 0 Å². The molecule has 1 aromatic rings. The lowest BCUT2D eigenvalue weighted by molar-refractivity contribution is -0.129. The van der Waals surface area contributed by atoms with E-state index in [4.69, 9.17) is 0 Å². The Kier molecular flexibility index (Phi) is 4.50. The first-order valence-corrected chi connectivity index (χ1v) is 8.45.